The number of carbonyl (C=O) groups is 1. The third kappa shape index (κ3) is 32.5. The van der Waals surface area contributed by atoms with E-state index in [0.29, 0.717) is 52.9 Å². The van der Waals surface area contributed by atoms with Crippen LogP contribution >= 0.6 is 0 Å². The van der Waals surface area contributed by atoms with Gasteiger partial charge in [0.25, 0.3) is 0 Å². The summed E-state index contributed by atoms with van der Waals surface area (Å²) in [7, 11) is 0. The van der Waals surface area contributed by atoms with Crippen molar-refractivity contribution in [2.75, 3.05) is 198 Å². The molecule has 8 heterocycles. The van der Waals surface area contributed by atoms with Gasteiger partial charge < -0.3 is 142 Å². The monoisotopic (exact) mass is 1450 g/mol. The molecule has 0 aromatic rings. The molecule has 31 heteroatoms. The van der Waals surface area contributed by atoms with Gasteiger partial charge in [-0.15, -0.1) is 0 Å². The van der Waals surface area contributed by atoms with Gasteiger partial charge in [0.05, 0.1) is 185 Å². The smallest absolute Gasteiger partial charge is 0.184 e. The molecule has 0 N–H and O–H groups in total. The number of rotatable bonds is 50. The summed E-state index contributed by atoms with van der Waals surface area (Å²) in [5.41, 5.74) is 0. The van der Waals surface area contributed by atoms with Gasteiger partial charge >= 0.3 is 0 Å². The lowest BCUT2D eigenvalue weighted by molar-refractivity contribution is -0.164. The molecule has 8 unspecified atom stereocenters. The number of ether oxygens (including phenoxy) is 30. The van der Waals surface area contributed by atoms with Crippen LogP contribution in [0, 0.1) is 0 Å². The highest BCUT2D eigenvalue weighted by atomic mass is 16.8. The molecular formula is C69H122O31. The Labute approximate surface area is 591 Å². The first-order chi connectivity index (χ1) is 47.2. The molecule has 0 radical (unpaired) electrons. The zero-order valence-electron chi connectivity index (χ0n) is 62.5. The maximum absolute atomic E-state index is 14.4. The van der Waals surface area contributed by atoms with E-state index in [9.17, 15) is 4.79 Å². The van der Waals surface area contributed by atoms with Crippen molar-refractivity contribution in [3.05, 3.63) is 0 Å². The number of ketones is 1. The quantitative estimate of drug-likeness (QED) is 0.0824. The Morgan fingerprint density at radius 2 is 0.380 bits per heavy atom. The van der Waals surface area contributed by atoms with E-state index >= 15 is 0 Å². The third-order valence-corrected chi connectivity index (χ3v) is 16.4. The van der Waals surface area contributed by atoms with Gasteiger partial charge in [-0.25, -0.2) is 0 Å². The molecule has 0 amide bonds. The van der Waals surface area contributed by atoms with E-state index in [1.165, 1.54) is 0 Å². The Kier molecular flexibility index (Phi) is 33.2. The maximum atomic E-state index is 14.4. The second-order valence-corrected chi connectivity index (χ2v) is 30.1. The van der Waals surface area contributed by atoms with Crippen LogP contribution in [0.1, 0.15) is 111 Å². The second-order valence-electron chi connectivity index (χ2n) is 30.1. The summed E-state index contributed by atoms with van der Waals surface area (Å²) in [6.45, 7) is 34.4. The Morgan fingerprint density at radius 3 is 0.510 bits per heavy atom. The molecule has 584 valence electrons. The molecule has 100 heavy (non-hydrogen) atoms. The van der Waals surface area contributed by atoms with E-state index < -0.39 is 102 Å². The van der Waals surface area contributed by atoms with Crippen molar-refractivity contribution >= 4 is 5.78 Å². The molecule has 0 aliphatic carbocycles. The molecule has 8 rings (SSSR count). The number of Topliss-reactive ketones (excluding diaryl/α,β-unsaturated/α-hetero) is 1. The van der Waals surface area contributed by atoms with E-state index in [-0.39, 0.29) is 181 Å². The normalized spacial score (nSPS) is 30.3. The van der Waals surface area contributed by atoms with Gasteiger partial charge in [0.2, 0.25) is 0 Å². The third-order valence-electron chi connectivity index (χ3n) is 16.4. The average molecular weight is 1450 g/mol. The highest BCUT2D eigenvalue weighted by Gasteiger charge is 2.40. The van der Waals surface area contributed by atoms with Gasteiger partial charge in [-0.3, -0.25) is 4.79 Å². The molecule has 8 aliphatic heterocycles. The highest BCUT2D eigenvalue weighted by molar-refractivity contribution is 5.80. The lowest BCUT2D eigenvalue weighted by atomic mass is 10.3. The van der Waals surface area contributed by atoms with Crippen LogP contribution in [-0.4, -0.2) is 336 Å². The molecule has 8 atom stereocenters. The predicted octanol–water partition coefficient (Wildman–Crippen LogP) is 4.21. The zero-order chi connectivity index (χ0) is 72.1. The fourth-order valence-corrected chi connectivity index (χ4v) is 11.7. The van der Waals surface area contributed by atoms with Gasteiger partial charge in [-0.1, -0.05) is 0 Å². The fraction of sp³-hybridized carbons (Fsp3) is 0.986. The van der Waals surface area contributed by atoms with Crippen LogP contribution in [0.3, 0.4) is 0 Å². The van der Waals surface area contributed by atoms with Crippen LogP contribution < -0.4 is 0 Å². The topological polar surface area (TPSA) is 294 Å². The molecule has 8 fully saturated rings. The molecule has 0 bridgehead atoms. The Morgan fingerprint density at radius 1 is 0.240 bits per heavy atom. The van der Waals surface area contributed by atoms with Gasteiger partial charge in [0, 0.05) is 0 Å². The molecule has 31 nitrogen and oxygen atoms in total. The maximum Gasteiger partial charge on any atom is 0.184 e. The summed E-state index contributed by atoms with van der Waals surface area (Å²) >= 11 is 0. The minimum atomic E-state index is -0.851. The van der Waals surface area contributed by atoms with Gasteiger partial charge in [0.1, 0.15) is 98.7 Å². The van der Waals surface area contributed by atoms with Crippen LogP contribution in [0.4, 0.5) is 0 Å². The van der Waals surface area contributed by atoms with Crippen LogP contribution in [0.15, 0.2) is 0 Å². The second kappa shape index (κ2) is 39.5. The summed E-state index contributed by atoms with van der Waals surface area (Å²) < 4.78 is 183. The van der Waals surface area contributed by atoms with Crippen molar-refractivity contribution < 1.29 is 147 Å². The zero-order valence-corrected chi connectivity index (χ0v) is 62.5. The Balaban J connectivity index is 0.957. The summed E-state index contributed by atoms with van der Waals surface area (Å²) in [5, 5.41) is 0. The van der Waals surface area contributed by atoms with E-state index in [1.54, 1.807) is 0 Å². The Bertz CT molecular complexity index is 1900. The van der Waals surface area contributed by atoms with Crippen molar-refractivity contribution in [2.24, 2.45) is 0 Å². The SMILES string of the molecule is CC1(C)OCC(COCC(COCC2COC(C)(C)O2)OCC(COC(COCC2COC(C)(C)O2)COCC2COC(C)(C)O2)OCC(=O)COC(COC(COCC2COC(C)(C)O2)COCC2COC(C)(C)O2)COC(COCC2COC(C)(C)O2)COCC2COC(C)(C)O2)O1. The lowest BCUT2D eigenvalue weighted by Crippen LogP contribution is -2.39. The van der Waals surface area contributed by atoms with E-state index in [2.05, 4.69) is 0 Å². The lowest BCUT2D eigenvalue weighted by Gasteiger charge is -2.27. The van der Waals surface area contributed by atoms with Crippen LogP contribution in [0.2, 0.25) is 0 Å². The molecule has 0 saturated carbocycles. The molecule has 8 saturated heterocycles. The van der Waals surface area contributed by atoms with Crippen molar-refractivity contribution in [1.82, 2.24) is 0 Å². The van der Waals surface area contributed by atoms with Gasteiger partial charge in [-0.2, -0.15) is 0 Å². The highest BCUT2D eigenvalue weighted by Crippen LogP contribution is 2.29. The molecular weight excluding hydrogens is 1320 g/mol. The van der Waals surface area contributed by atoms with Gasteiger partial charge in [0.15, 0.2) is 52.1 Å². The van der Waals surface area contributed by atoms with Crippen molar-refractivity contribution in [2.45, 2.75) is 243 Å². The first-order valence-electron chi connectivity index (χ1n) is 35.6. The summed E-state index contributed by atoms with van der Waals surface area (Å²) in [6, 6.07) is 0. The van der Waals surface area contributed by atoms with E-state index in [4.69, 9.17) is 142 Å². The van der Waals surface area contributed by atoms with E-state index in [1.807, 2.05) is 111 Å². The van der Waals surface area contributed by atoms with E-state index in [0.717, 1.165) is 0 Å². The largest absolute Gasteiger partial charge is 0.376 e. The van der Waals surface area contributed by atoms with Crippen molar-refractivity contribution in [1.29, 1.82) is 0 Å². The van der Waals surface area contributed by atoms with Crippen LogP contribution in [0.25, 0.3) is 0 Å². The van der Waals surface area contributed by atoms with Gasteiger partial charge in [-0.05, 0) is 111 Å². The van der Waals surface area contributed by atoms with Crippen LogP contribution in [-0.2, 0) is 147 Å². The molecule has 0 spiro atoms. The minimum absolute atomic E-state index is 0.0667. The summed E-state index contributed by atoms with van der Waals surface area (Å²) in [5.74, 6) is -6.32. The standard InChI is InChI=1S/C69H122O31/c1-62(2)85-39-54(93-62)27-71-19-48(20-72-28-55-40-86-63(3,4)94-55)81-35-52(36-82-49(21-73-29-56-41-87-64(5,6)95-56)22-74-30-57-42-88-65(7,8)96-57)79-17-47(70)18-80-53(37-83-50(23-75-31-58-43-89-66(9,10)97-58)24-76-32-59-44-90-67(11,12)98-59)38-84-51(25-77-33-60-45-91-68(13,14)99-60)26-78-34-61-46-92-69(15,16)100-61/h48-61H,17-46H2,1-16H3. The Hall–Kier alpha value is -1.53. The number of hydrogen-bond donors (Lipinski definition) is 0. The minimum Gasteiger partial charge on any atom is -0.376 e. The number of carbonyl (C=O) groups excluding carboxylic acids is 1. The summed E-state index contributed by atoms with van der Waals surface area (Å²) in [6.07, 6.45) is -6.54. The molecule has 8 aliphatic rings. The molecule has 0 aromatic heterocycles. The predicted molar refractivity (Wildman–Crippen MR) is 349 cm³/mol. The van der Waals surface area contributed by atoms with Crippen LogP contribution in [0.5, 0.6) is 0 Å². The molecule has 0 aromatic carbocycles. The first kappa shape index (κ1) is 84.1. The average Bonchev–Trinajstić information content (AvgIpc) is 1.83. The number of hydrogen-bond acceptors (Lipinski definition) is 31. The fourth-order valence-electron chi connectivity index (χ4n) is 11.7. The van der Waals surface area contributed by atoms with Crippen molar-refractivity contribution in [3.8, 4) is 0 Å². The first-order valence-corrected chi connectivity index (χ1v) is 35.6. The summed E-state index contributed by atoms with van der Waals surface area (Å²) in [4.78, 5) is 14.4. The van der Waals surface area contributed by atoms with Crippen molar-refractivity contribution in [3.63, 3.8) is 0 Å².